The molecule has 1 amide bonds. The number of amides is 1. The van der Waals surface area contributed by atoms with Gasteiger partial charge >= 0.3 is 0 Å². The maximum absolute atomic E-state index is 12.1. The lowest BCUT2D eigenvalue weighted by Crippen LogP contribution is -2.12. The van der Waals surface area contributed by atoms with Gasteiger partial charge in [-0.15, -0.1) is 10.2 Å². The first-order chi connectivity index (χ1) is 9.74. The third-order valence-corrected chi connectivity index (χ3v) is 4.04. The first-order valence-electron chi connectivity index (χ1n) is 5.67. The Kier molecular flexibility index (Phi) is 3.62. The Morgan fingerprint density at radius 1 is 1.20 bits per heavy atom. The van der Waals surface area contributed by atoms with E-state index in [0.717, 1.165) is 4.47 Å². The average molecular weight is 350 g/mol. The van der Waals surface area contributed by atoms with Crippen LogP contribution in [0, 0.1) is 0 Å². The molecule has 0 saturated heterocycles. The molecule has 0 aliphatic rings. The van der Waals surface area contributed by atoms with Crippen LogP contribution in [0.15, 0.2) is 51.6 Å². The number of halogens is 1. The van der Waals surface area contributed by atoms with E-state index in [-0.39, 0.29) is 5.91 Å². The van der Waals surface area contributed by atoms with Gasteiger partial charge in [-0.05, 0) is 40.2 Å². The van der Waals surface area contributed by atoms with Crippen LogP contribution in [0.3, 0.4) is 0 Å². The Morgan fingerprint density at radius 2 is 2.05 bits per heavy atom. The lowest BCUT2D eigenvalue weighted by molar-refractivity contribution is 0.102. The fraction of sp³-hybridized carbons (Fsp3) is 0. The van der Waals surface area contributed by atoms with Gasteiger partial charge in [0.1, 0.15) is 0 Å². The van der Waals surface area contributed by atoms with Crippen molar-refractivity contribution in [3.63, 3.8) is 0 Å². The van der Waals surface area contributed by atoms with E-state index in [4.69, 9.17) is 4.42 Å². The number of furan rings is 1. The van der Waals surface area contributed by atoms with E-state index in [1.807, 2.05) is 12.1 Å². The van der Waals surface area contributed by atoms with Crippen LogP contribution < -0.4 is 5.32 Å². The lowest BCUT2D eigenvalue weighted by atomic mass is 10.2. The van der Waals surface area contributed by atoms with Gasteiger partial charge in [-0.25, -0.2) is 0 Å². The number of hydrogen-bond donors (Lipinski definition) is 1. The largest absolute Gasteiger partial charge is 0.462 e. The van der Waals surface area contributed by atoms with Crippen molar-refractivity contribution in [2.45, 2.75) is 0 Å². The zero-order chi connectivity index (χ0) is 13.9. The number of carbonyl (C=O) groups is 1. The molecule has 20 heavy (non-hydrogen) atoms. The quantitative estimate of drug-likeness (QED) is 0.780. The Morgan fingerprint density at radius 3 is 2.80 bits per heavy atom. The van der Waals surface area contributed by atoms with Crippen LogP contribution in [0.4, 0.5) is 5.13 Å². The van der Waals surface area contributed by atoms with E-state index < -0.39 is 0 Å². The molecular weight excluding hydrogens is 342 g/mol. The third-order valence-electron chi connectivity index (χ3n) is 2.50. The molecule has 5 nitrogen and oxygen atoms in total. The topological polar surface area (TPSA) is 68.0 Å². The van der Waals surface area contributed by atoms with Gasteiger partial charge in [0.2, 0.25) is 5.13 Å². The Bertz CT molecular complexity index is 740. The summed E-state index contributed by atoms with van der Waals surface area (Å²) in [5.41, 5.74) is 0.544. The zero-order valence-corrected chi connectivity index (χ0v) is 12.4. The summed E-state index contributed by atoms with van der Waals surface area (Å²) in [7, 11) is 0. The fourth-order valence-corrected chi connectivity index (χ4v) is 2.76. The molecule has 100 valence electrons. The molecule has 2 aromatic heterocycles. The zero-order valence-electron chi connectivity index (χ0n) is 10.0. The van der Waals surface area contributed by atoms with Gasteiger partial charge in [0.05, 0.1) is 11.8 Å². The molecule has 1 aromatic carbocycles. The van der Waals surface area contributed by atoms with E-state index in [0.29, 0.717) is 21.5 Å². The second-order valence-electron chi connectivity index (χ2n) is 3.82. The molecule has 0 aliphatic heterocycles. The lowest BCUT2D eigenvalue weighted by Gasteiger charge is -2.02. The molecule has 0 unspecified atom stereocenters. The van der Waals surface area contributed by atoms with Crippen LogP contribution >= 0.6 is 27.3 Å². The molecule has 0 atom stereocenters. The molecule has 0 fully saturated rings. The number of anilines is 1. The van der Waals surface area contributed by atoms with Gasteiger partial charge in [-0.3, -0.25) is 10.1 Å². The minimum atomic E-state index is -0.236. The molecular formula is C13H8BrN3O2S. The Balaban J connectivity index is 1.79. The fourth-order valence-electron chi connectivity index (χ4n) is 1.58. The molecule has 3 rings (SSSR count). The highest BCUT2D eigenvalue weighted by molar-refractivity contribution is 9.10. The third kappa shape index (κ3) is 2.63. The standard InChI is InChI=1S/C13H8BrN3O2S/c14-9-5-2-1-4-8(9)11(18)15-13-17-16-12(20-13)10-6-3-7-19-10/h1-7H,(H,15,17,18). The van der Waals surface area contributed by atoms with Crippen molar-refractivity contribution in [1.29, 1.82) is 0 Å². The summed E-state index contributed by atoms with van der Waals surface area (Å²) in [6, 6.07) is 10.8. The minimum Gasteiger partial charge on any atom is -0.462 e. The van der Waals surface area contributed by atoms with Crippen molar-refractivity contribution in [3.05, 3.63) is 52.7 Å². The van der Waals surface area contributed by atoms with Gasteiger partial charge in [-0.2, -0.15) is 0 Å². The smallest absolute Gasteiger partial charge is 0.258 e. The maximum Gasteiger partial charge on any atom is 0.258 e. The highest BCUT2D eigenvalue weighted by Crippen LogP contribution is 2.27. The van der Waals surface area contributed by atoms with Crippen molar-refractivity contribution in [2.24, 2.45) is 0 Å². The number of hydrogen-bond acceptors (Lipinski definition) is 5. The van der Waals surface area contributed by atoms with Crippen molar-refractivity contribution in [2.75, 3.05) is 5.32 Å². The number of nitrogens with one attached hydrogen (secondary N) is 1. The van der Waals surface area contributed by atoms with Crippen molar-refractivity contribution in [3.8, 4) is 10.8 Å². The molecule has 3 aromatic rings. The van der Waals surface area contributed by atoms with E-state index in [2.05, 4.69) is 31.4 Å². The Hall–Kier alpha value is -1.99. The van der Waals surface area contributed by atoms with E-state index in [1.165, 1.54) is 11.3 Å². The van der Waals surface area contributed by atoms with Gasteiger partial charge in [0.15, 0.2) is 10.8 Å². The molecule has 0 aliphatic carbocycles. The number of nitrogens with zero attached hydrogens (tertiary/aromatic N) is 2. The van der Waals surface area contributed by atoms with Crippen molar-refractivity contribution < 1.29 is 9.21 Å². The second kappa shape index (κ2) is 5.56. The Labute approximate surface area is 126 Å². The van der Waals surface area contributed by atoms with Crippen LogP contribution in [-0.4, -0.2) is 16.1 Å². The number of benzene rings is 1. The summed E-state index contributed by atoms with van der Waals surface area (Å²) in [5.74, 6) is 0.392. The molecule has 1 N–H and O–H groups in total. The summed E-state index contributed by atoms with van der Waals surface area (Å²) in [6.45, 7) is 0. The van der Waals surface area contributed by atoms with E-state index in [1.54, 1.807) is 30.5 Å². The number of carbonyl (C=O) groups excluding carboxylic acids is 1. The summed E-state index contributed by atoms with van der Waals surface area (Å²) in [4.78, 5) is 12.1. The highest BCUT2D eigenvalue weighted by Gasteiger charge is 2.14. The van der Waals surface area contributed by atoms with E-state index >= 15 is 0 Å². The molecule has 0 radical (unpaired) electrons. The van der Waals surface area contributed by atoms with Gasteiger partial charge in [-0.1, -0.05) is 23.5 Å². The summed E-state index contributed by atoms with van der Waals surface area (Å²) < 4.78 is 5.96. The first kappa shape index (κ1) is 13.0. The van der Waals surface area contributed by atoms with Gasteiger partial charge in [0, 0.05) is 4.47 Å². The predicted molar refractivity (Wildman–Crippen MR) is 79.7 cm³/mol. The number of rotatable bonds is 3. The van der Waals surface area contributed by atoms with Crippen LogP contribution in [0.2, 0.25) is 0 Å². The summed E-state index contributed by atoms with van der Waals surface area (Å²) in [6.07, 6.45) is 1.57. The first-order valence-corrected chi connectivity index (χ1v) is 7.28. The average Bonchev–Trinajstić information content (AvgIpc) is 3.09. The maximum atomic E-state index is 12.1. The van der Waals surface area contributed by atoms with E-state index in [9.17, 15) is 4.79 Å². The molecule has 7 heteroatoms. The molecule has 0 saturated carbocycles. The highest BCUT2D eigenvalue weighted by atomic mass is 79.9. The van der Waals surface area contributed by atoms with Crippen LogP contribution in [0.25, 0.3) is 10.8 Å². The minimum absolute atomic E-state index is 0.236. The summed E-state index contributed by atoms with van der Waals surface area (Å²) in [5, 5.41) is 11.7. The van der Waals surface area contributed by atoms with Crippen LogP contribution in [0.1, 0.15) is 10.4 Å². The normalized spacial score (nSPS) is 10.4. The van der Waals surface area contributed by atoms with Crippen molar-refractivity contribution in [1.82, 2.24) is 10.2 Å². The second-order valence-corrected chi connectivity index (χ2v) is 5.66. The molecule has 0 spiro atoms. The van der Waals surface area contributed by atoms with Crippen LogP contribution in [0.5, 0.6) is 0 Å². The molecule has 2 heterocycles. The summed E-state index contributed by atoms with van der Waals surface area (Å²) >= 11 is 4.59. The number of aromatic nitrogens is 2. The predicted octanol–water partition coefficient (Wildman–Crippen LogP) is 3.81. The van der Waals surface area contributed by atoms with Gasteiger partial charge in [0.25, 0.3) is 5.91 Å². The monoisotopic (exact) mass is 349 g/mol. The van der Waals surface area contributed by atoms with Crippen molar-refractivity contribution >= 4 is 38.3 Å². The van der Waals surface area contributed by atoms with Gasteiger partial charge < -0.3 is 4.42 Å². The van der Waals surface area contributed by atoms with Crippen LogP contribution in [-0.2, 0) is 0 Å². The molecule has 0 bridgehead atoms. The SMILES string of the molecule is O=C(Nc1nnc(-c2ccco2)s1)c1ccccc1Br.